The van der Waals surface area contributed by atoms with Gasteiger partial charge >= 0.3 is 11.9 Å². The zero-order valence-corrected chi connectivity index (χ0v) is 13.8. The lowest BCUT2D eigenvalue weighted by molar-refractivity contribution is -0.150. The third-order valence-electron chi connectivity index (χ3n) is 3.07. The van der Waals surface area contributed by atoms with E-state index >= 15 is 0 Å². The average molecular weight is 330 g/mol. The molecule has 1 aromatic carbocycles. The third kappa shape index (κ3) is 6.91. The maximum atomic E-state index is 12.0. The van der Waals surface area contributed by atoms with Gasteiger partial charge in [0.2, 0.25) is 0 Å². The monoisotopic (exact) mass is 329 g/mol. The quantitative estimate of drug-likeness (QED) is 0.739. The molecule has 124 valence electrons. The van der Waals surface area contributed by atoms with Gasteiger partial charge in [0.25, 0.3) is 0 Å². The first kappa shape index (κ1) is 20.4. The van der Waals surface area contributed by atoms with Crippen LogP contribution in [0.1, 0.15) is 25.8 Å². The van der Waals surface area contributed by atoms with Crippen molar-refractivity contribution in [2.24, 2.45) is 11.7 Å². The van der Waals surface area contributed by atoms with Gasteiger partial charge in [0.15, 0.2) is 0 Å². The van der Waals surface area contributed by atoms with E-state index in [4.69, 9.17) is 15.2 Å². The molecule has 2 atom stereocenters. The molecule has 0 aromatic heterocycles. The van der Waals surface area contributed by atoms with Crippen molar-refractivity contribution in [3.8, 4) is 0 Å². The number of rotatable bonds is 8. The van der Waals surface area contributed by atoms with Gasteiger partial charge in [0.1, 0.15) is 6.04 Å². The lowest BCUT2D eigenvalue weighted by atomic mass is 9.93. The molecule has 0 aliphatic heterocycles. The van der Waals surface area contributed by atoms with Gasteiger partial charge in [0, 0.05) is 0 Å². The van der Waals surface area contributed by atoms with Gasteiger partial charge in [-0.25, -0.2) is 0 Å². The van der Waals surface area contributed by atoms with E-state index in [0.717, 1.165) is 5.56 Å². The Morgan fingerprint density at radius 1 is 1.05 bits per heavy atom. The Hall–Kier alpha value is -1.59. The Morgan fingerprint density at radius 3 is 2.14 bits per heavy atom. The first-order valence-electron chi connectivity index (χ1n) is 7.21. The van der Waals surface area contributed by atoms with Crippen LogP contribution in [0.25, 0.3) is 0 Å². The van der Waals surface area contributed by atoms with Crippen molar-refractivity contribution in [1.82, 2.24) is 0 Å². The number of nitrogens with two attached hydrogens (primary N) is 1. The van der Waals surface area contributed by atoms with Crippen molar-refractivity contribution in [2.45, 2.75) is 32.7 Å². The Morgan fingerprint density at radius 2 is 1.59 bits per heavy atom. The minimum atomic E-state index is -0.817. The highest BCUT2D eigenvalue weighted by atomic mass is 35.5. The molecule has 0 amide bonds. The highest BCUT2D eigenvalue weighted by Crippen LogP contribution is 2.16. The molecule has 0 aliphatic rings. The summed E-state index contributed by atoms with van der Waals surface area (Å²) in [5.74, 6) is -1.27. The standard InChI is InChI=1S/C16H23NO4.ClH/c1-3-20-15(18)13(10-12-8-6-5-7-9-12)11-14(17)16(19)21-4-2;/h5-9,13-14H,3-4,10-11,17H2,1-2H3;1H/t13?,14-;/m1./s1. The number of ether oxygens (including phenoxy) is 2. The fourth-order valence-corrected chi connectivity index (χ4v) is 2.07. The van der Waals surface area contributed by atoms with Crippen LogP contribution in [0, 0.1) is 5.92 Å². The van der Waals surface area contributed by atoms with Crippen molar-refractivity contribution in [3.63, 3.8) is 0 Å². The summed E-state index contributed by atoms with van der Waals surface area (Å²) in [7, 11) is 0. The molecule has 1 unspecified atom stereocenters. The summed E-state index contributed by atoms with van der Waals surface area (Å²) in [6.07, 6.45) is 0.708. The number of esters is 2. The zero-order chi connectivity index (χ0) is 15.7. The van der Waals surface area contributed by atoms with Crippen LogP contribution < -0.4 is 5.73 Å². The molecule has 22 heavy (non-hydrogen) atoms. The van der Waals surface area contributed by atoms with Gasteiger partial charge in [-0.15, -0.1) is 12.4 Å². The molecule has 0 heterocycles. The minimum Gasteiger partial charge on any atom is -0.466 e. The van der Waals surface area contributed by atoms with Crippen LogP contribution in [0.4, 0.5) is 0 Å². The van der Waals surface area contributed by atoms with E-state index in [0.29, 0.717) is 13.0 Å². The molecule has 1 aromatic rings. The van der Waals surface area contributed by atoms with Crippen LogP contribution in [-0.4, -0.2) is 31.2 Å². The Bertz CT molecular complexity index is 453. The number of hydrogen-bond donors (Lipinski definition) is 1. The molecule has 0 aliphatic carbocycles. The van der Waals surface area contributed by atoms with Crippen LogP contribution in [0.15, 0.2) is 30.3 Å². The topological polar surface area (TPSA) is 78.6 Å². The Balaban J connectivity index is 0.00000441. The predicted molar refractivity (Wildman–Crippen MR) is 86.7 cm³/mol. The summed E-state index contributed by atoms with van der Waals surface area (Å²) in [5.41, 5.74) is 6.82. The van der Waals surface area contributed by atoms with Crippen LogP contribution in [0.5, 0.6) is 0 Å². The Kier molecular flexibility index (Phi) is 10.2. The maximum absolute atomic E-state index is 12.0. The molecule has 5 nitrogen and oxygen atoms in total. The second-order valence-electron chi connectivity index (χ2n) is 4.73. The van der Waals surface area contributed by atoms with Gasteiger partial charge in [-0.05, 0) is 32.3 Å². The first-order valence-corrected chi connectivity index (χ1v) is 7.21. The average Bonchev–Trinajstić information content (AvgIpc) is 2.48. The molecule has 1 rings (SSSR count). The number of hydrogen-bond acceptors (Lipinski definition) is 5. The van der Waals surface area contributed by atoms with Crippen LogP contribution in [0.3, 0.4) is 0 Å². The number of benzene rings is 1. The molecule has 0 radical (unpaired) electrons. The molecule has 0 saturated heterocycles. The summed E-state index contributed by atoms with van der Waals surface area (Å²) in [5, 5.41) is 0. The molecule has 0 spiro atoms. The molecule has 0 saturated carbocycles. The maximum Gasteiger partial charge on any atom is 0.322 e. The fraction of sp³-hybridized carbons (Fsp3) is 0.500. The first-order chi connectivity index (χ1) is 10.1. The Labute approximate surface area is 137 Å². The van der Waals surface area contributed by atoms with Crippen LogP contribution in [-0.2, 0) is 25.5 Å². The van der Waals surface area contributed by atoms with Crippen molar-refractivity contribution in [1.29, 1.82) is 0 Å². The normalized spacial score (nSPS) is 12.7. The second kappa shape index (κ2) is 11.0. The predicted octanol–water partition coefficient (Wildman–Crippen LogP) is 2.11. The zero-order valence-electron chi connectivity index (χ0n) is 13.0. The third-order valence-corrected chi connectivity index (χ3v) is 3.07. The van der Waals surface area contributed by atoms with E-state index in [1.165, 1.54) is 0 Å². The highest BCUT2D eigenvalue weighted by molar-refractivity contribution is 5.85. The van der Waals surface area contributed by atoms with Crippen molar-refractivity contribution in [2.75, 3.05) is 13.2 Å². The smallest absolute Gasteiger partial charge is 0.322 e. The minimum absolute atomic E-state index is 0. The van der Waals surface area contributed by atoms with Gasteiger partial charge < -0.3 is 15.2 Å². The molecule has 0 fully saturated rings. The molecule has 2 N–H and O–H groups in total. The summed E-state index contributed by atoms with van der Waals surface area (Å²) < 4.78 is 9.95. The lowest BCUT2D eigenvalue weighted by Crippen LogP contribution is -2.37. The van der Waals surface area contributed by atoms with Crippen LogP contribution >= 0.6 is 12.4 Å². The van der Waals surface area contributed by atoms with Gasteiger partial charge in [-0.1, -0.05) is 30.3 Å². The number of carbonyl (C=O) groups is 2. The van der Waals surface area contributed by atoms with E-state index in [1.54, 1.807) is 13.8 Å². The lowest BCUT2D eigenvalue weighted by Gasteiger charge is -2.19. The summed E-state index contributed by atoms with van der Waals surface area (Å²) in [6.45, 7) is 4.05. The van der Waals surface area contributed by atoms with E-state index < -0.39 is 17.9 Å². The van der Waals surface area contributed by atoms with Gasteiger partial charge in [-0.2, -0.15) is 0 Å². The summed E-state index contributed by atoms with van der Waals surface area (Å²) in [4.78, 5) is 23.6. The van der Waals surface area contributed by atoms with E-state index in [1.807, 2.05) is 30.3 Å². The SMILES string of the molecule is CCOC(=O)C(Cc1ccccc1)C[C@@H](N)C(=O)OCC.Cl. The van der Waals surface area contributed by atoms with Crippen molar-refractivity contribution in [3.05, 3.63) is 35.9 Å². The van der Waals surface area contributed by atoms with Crippen LogP contribution in [0.2, 0.25) is 0 Å². The second-order valence-corrected chi connectivity index (χ2v) is 4.73. The van der Waals surface area contributed by atoms with Crippen molar-refractivity contribution < 1.29 is 19.1 Å². The largest absolute Gasteiger partial charge is 0.466 e. The molecular formula is C16H24ClNO4. The fourth-order valence-electron chi connectivity index (χ4n) is 2.07. The van der Waals surface area contributed by atoms with E-state index in [-0.39, 0.29) is 31.4 Å². The molecule has 6 heteroatoms. The number of carbonyl (C=O) groups excluding carboxylic acids is 2. The highest BCUT2D eigenvalue weighted by Gasteiger charge is 2.27. The summed E-state index contributed by atoms with van der Waals surface area (Å²) in [6, 6.07) is 8.77. The van der Waals surface area contributed by atoms with Crippen molar-refractivity contribution >= 4 is 24.3 Å². The van der Waals surface area contributed by atoms with Gasteiger partial charge in [0.05, 0.1) is 19.1 Å². The van der Waals surface area contributed by atoms with Gasteiger partial charge in [-0.3, -0.25) is 9.59 Å². The number of halogens is 1. The van der Waals surface area contributed by atoms with E-state index in [2.05, 4.69) is 0 Å². The van der Waals surface area contributed by atoms with E-state index in [9.17, 15) is 9.59 Å². The summed E-state index contributed by atoms with van der Waals surface area (Å²) >= 11 is 0. The molecule has 0 bridgehead atoms. The molecular weight excluding hydrogens is 306 g/mol.